The van der Waals surface area contributed by atoms with Crippen molar-refractivity contribution in [3.63, 3.8) is 0 Å². The Balaban J connectivity index is 2.04. The van der Waals surface area contributed by atoms with Crippen LogP contribution in [0.15, 0.2) is 9.95 Å². The number of nitrogens with two attached hydrogens (primary N) is 1. The maximum atomic E-state index is 13.4. The third-order valence-corrected chi connectivity index (χ3v) is 7.14. The Kier molecular flexibility index (Phi) is 6.44. The summed E-state index contributed by atoms with van der Waals surface area (Å²) in [5.41, 5.74) is 6.19. The standard InChI is InChI=1S/C19H26N4O3S2/c1-10(2)8-9-23-17(25)14-12-6-4-5-7-13(12)28-16(14)22-19(23)27-11(3)15(24)21-18(20)26/h10-11H,4-9H2,1-3H3,(H3,20,21,24,26)/t11-/m0/s1. The largest absolute Gasteiger partial charge is 0.351 e. The molecule has 0 unspecified atom stereocenters. The van der Waals surface area contributed by atoms with Gasteiger partial charge in [0.1, 0.15) is 4.83 Å². The smallest absolute Gasteiger partial charge is 0.318 e. The summed E-state index contributed by atoms with van der Waals surface area (Å²) in [6.45, 7) is 6.44. The molecule has 0 bridgehead atoms. The summed E-state index contributed by atoms with van der Waals surface area (Å²) in [5.74, 6) is -0.0554. The van der Waals surface area contributed by atoms with Gasteiger partial charge in [-0.3, -0.25) is 19.5 Å². The number of nitrogens with zero attached hydrogens (tertiary/aromatic N) is 2. The van der Waals surface area contributed by atoms with Crippen LogP contribution in [-0.2, 0) is 24.2 Å². The molecule has 7 nitrogen and oxygen atoms in total. The highest BCUT2D eigenvalue weighted by Gasteiger charge is 2.24. The number of amides is 3. The van der Waals surface area contributed by atoms with E-state index in [1.807, 2.05) is 0 Å². The molecule has 2 aromatic rings. The average molecular weight is 423 g/mol. The third kappa shape index (κ3) is 4.41. The van der Waals surface area contributed by atoms with Gasteiger partial charge >= 0.3 is 6.03 Å². The van der Waals surface area contributed by atoms with Crippen LogP contribution in [0.25, 0.3) is 10.2 Å². The summed E-state index contributed by atoms with van der Waals surface area (Å²) in [4.78, 5) is 43.2. The second-order valence-corrected chi connectivity index (χ2v) is 9.93. The molecule has 2 heterocycles. The molecule has 3 rings (SSSR count). The highest BCUT2D eigenvalue weighted by atomic mass is 32.2. The quantitative estimate of drug-likeness (QED) is 0.549. The van der Waals surface area contributed by atoms with Gasteiger partial charge < -0.3 is 5.73 Å². The Morgan fingerprint density at radius 3 is 2.68 bits per heavy atom. The van der Waals surface area contributed by atoms with Crippen molar-refractivity contribution in [3.8, 4) is 0 Å². The number of hydrogen-bond donors (Lipinski definition) is 2. The molecule has 0 spiro atoms. The average Bonchev–Trinajstić information content (AvgIpc) is 2.98. The van der Waals surface area contributed by atoms with Gasteiger partial charge in [0, 0.05) is 11.4 Å². The summed E-state index contributed by atoms with van der Waals surface area (Å²) in [6.07, 6.45) is 5.02. The number of carbonyl (C=O) groups is 2. The van der Waals surface area contributed by atoms with Crippen molar-refractivity contribution < 1.29 is 9.59 Å². The summed E-state index contributed by atoms with van der Waals surface area (Å²) in [6, 6.07) is -0.885. The van der Waals surface area contributed by atoms with Crippen molar-refractivity contribution >= 4 is 45.3 Å². The molecule has 9 heteroatoms. The van der Waals surface area contributed by atoms with E-state index in [1.165, 1.54) is 16.6 Å². The highest BCUT2D eigenvalue weighted by Crippen LogP contribution is 2.35. The highest BCUT2D eigenvalue weighted by molar-refractivity contribution is 8.00. The number of thioether (sulfide) groups is 1. The molecule has 1 aliphatic rings. The third-order valence-electron chi connectivity index (χ3n) is 4.87. The molecule has 0 fully saturated rings. The SMILES string of the molecule is CC(C)CCn1c(S[C@@H](C)C(=O)NC(N)=O)nc2sc3c(c2c1=O)CCCC3. The molecular formula is C19H26N4O3S2. The summed E-state index contributed by atoms with van der Waals surface area (Å²) in [5, 5.41) is 2.76. The number of fused-ring (bicyclic) bond motifs is 3. The molecule has 0 saturated heterocycles. The van der Waals surface area contributed by atoms with Crippen LogP contribution in [-0.4, -0.2) is 26.7 Å². The Bertz CT molecular complexity index is 964. The molecule has 0 radical (unpaired) electrons. The lowest BCUT2D eigenvalue weighted by molar-refractivity contribution is -0.119. The molecule has 1 atom stereocenters. The zero-order valence-corrected chi connectivity index (χ0v) is 18.0. The van der Waals surface area contributed by atoms with E-state index in [0.717, 1.165) is 47.9 Å². The molecule has 0 aromatic carbocycles. The van der Waals surface area contributed by atoms with Gasteiger partial charge in [-0.15, -0.1) is 11.3 Å². The van der Waals surface area contributed by atoms with Crippen molar-refractivity contribution in [2.45, 2.75) is 69.8 Å². The first-order valence-electron chi connectivity index (χ1n) is 9.60. The lowest BCUT2D eigenvalue weighted by Crippen LogP contribution is -2.39. The van der Waals surface area contributed by atoms with Gasteiger partial charge in [-0.2, -0.15) is 0 Å². The van der Waals surface area contributed by atoms with Crippen LogP contribution in [0.5, 0.6) is 0 Å². The number of primary amides is 1. The first-order valence-corrected chi connectivity index (χ1v) is 11.3. The second kappa shape index (κ2) is 8.65. The first-order chi connectivity index (χ1) is 13.3. The fraction of sp³-hybridized carbons (Fsp3) is 0.579. The van der Waals surface area contributed by atoms with Crippen LogP contribution < -0.4 is 16.6 Å². The number of rotatable bonds is 6. The number of thiophene rings is 1. The van der Waals surface area contributed by atoms with Gasteiger partial charge in [-0.05, 0) is 50.5 Å². The van der Waals surface area contributed by atoms with Gasteiger partial charge in [-0.25, -0.2) is 9.78 Å². The minimum atomic E-state index is -0.885. The summed E-state index contributed by atoms with van der Waals surface area (Å²) >= 11 is 2.78. The normalized spacial score (nSPS) is 14.9. The molecule has 3 N–H and O–H groups in total. The zero-order valence-electron chi connectivity index (χ0n) is 16.4. The van der Waals surface area contributed by atoms with E-state index >= 15 is 0 Å². The first kappa shape index (κ1) is 20.9. The molecule has 0 aliphatic heterocycles. The molecular weight excluding hydrogens is 396 g/mol. The van der Waals surface area contributed by atoms with Crippen LogP contribution in [0.1, 0.15) is 50.5 Å². The van der Waals surface area contributed by atoms with Crippen molar-refractivity contribution in [2.24, 2.45) is 11.7 Å². The maximum Gasteiger partial charge on any atom is 0.318 e. The van der Waals surface area contributed by atoms with Crippen LogP contribution in [0.4, 0.5) is 4.79 Å². The van der Waals surface area contributed by atoms with E-state index in [0.29, 0.717) is 17.6 Å². The Morgan fingerprint density at radius 1 is 1.29 bits per heavy atom. The van der Waals surface area contributed by atoms with E-state index in [9.17, 15) is 14.4 Å². The van der Waals surface area contributed by atoms with Crippen molar-refractivity contribution in [1.82, 2.24) is 14.9 Å². The number of carbonyl (C=O) groups excluding carboxylic acids is 2. The van der Waals surface area contributed by atoms with Crippen molar-refractivity contribution in [1.29, 1.82) is 0 Å². The van der Waals surface area contributed by atoms with E-state index in [2.05, 4.69) is 19.2 Å². The minimum absolute atomic E-state index is 0.0185. The second-order valence-electron chi connectivity index (χ2n) is 7.54. The number of nitrogens with one attached hydrogen (secondary N) is 1. The van der Waals surface area contributed by atoms with E-state index in [4.69, 9.17) is 10.7 Å². The van der Waals surface area contributed by atoms with Gasteiger partial charge in [0.25, 0.3) is 5.56 Å². The van der Waals surface area contributed by atoms with E-state index < -0.39 is 17.2 Å². The molecule has 152 valence electrons. The lowest BCUT2D eigenvalue weighted by Gasteiger charge is -2.16. The van der Waals surface area contributed by atoms with Crippen molar-refractivity contribution in [2.75, 3.05) is 0 Å². The van der Waals surface area contributed by atoms with Gasteiger partial charge in [0.2, 0.25) is 5.91 Å². The van der Waals surface area contributed by atoms with Gasteiger partial charge in [0.05, 0.1) is 10.6 Å². The number of imide groups is 1. The molecule has 1 aliphatic carbocycles. The maximum absolute atomic E-state index is 13.4. The molecule has 0 saturated carbocycles. The summed E-state index contributed by atoms with van der Waals surface area (Å²) < 4.78 is 1.70. The fourth-order valence-corrected chi connectivity index (χ4v) is 5.57. The van der Waals surface area contributed by atoms with Gasteiger partial charge in [-0.1, -0.05) is 25.6 Å². The number of urea groups is 1. The topological polar surface area (TPSA) is 107 Å². The lowest BCUT2D eigenvalue weighted by atomic mass is 9.97. The number of aryl methyl sites for hydroxylation is 2. The predicted molar refractivity (Wildman–Crippen MR) is 113 cm³/mol. The molecule has 3 amide bonds. The fourth-order valence-electron chi connectivity index (χ4n) is 3.33. The summed E-state index contributed by atoms with van der Waals surface area (Å²) in [7, 11) is 0. The predicted octanol–water partition coefficient (Wildman–Crippen LogP) is 3.06. The minimum Gasteiger partial charge on any atom is -0.351 e. The number of aromatic nitrogens is 2. The molecule has 2 aromatic heterocycles. The molecule has 28 heavy (non-hydrogen) atoms. The zero-order chi connectivity index (χ0) is 20.4. The number of hydrogen-bond acceptors (Lipinski definition) is 6. The van der Waals surface area contributed by atoms with Crippen LogP contribution in [0.2, 0.25) is 0 Å². The van der Waals surface area contributed by atoms with E-state index in [1.54, 1.807) is 22.8 Å². The Morgan fingerprint density at radius 2 is 2.00 bits per heavy atom. The van der Waals surface area contributed by atoms with E-state index in [-0.39, 0.29) is 5.56 Å². The van der Waals surface area contributed by atoms with Crippen LogP contribution >= 0.6 is 23.1 Å². The van der Waals surface area contributed by atoms with Crippen LogP contribution in [0.3, 0.4) is 0 Å². The Hall–Kier alpha value is -1.87. The van der Waals surface area contributed by atoms with Gasteiger partial charge in [0.15, 0.2) is 5.16 Å². The monoisotopic (exact) mass is 422 g/mol. The van der Waals surface area contributed by atoms with Crippen molar-refractivity contribution in [3.05, 3.63) is 20.8 Å². The van der Waals surface area contributed by atoms with Crippen LogP contribution in [0, 0.1) is 5.92 Å². The Labute approximate surface area is 172 Å².